The molecule has 0 aliphatic rings. The van der Waals surface area contributed by atoms with Crippen LogP contribution in [0.3, 0.4) is 0 Å². The maximum absolute atomic E-state index is 13.4. The summed E-state index contributed by atoms with van der Waals surface area (Å²) in [7, 11) is 1.70. The van der Waals surface area contributed by atoms with Gasteiger partial charge in [0.05, 0.1) is 29.1 Å². The highest BCUT2D eigenvalue weighted by Crippen LogP contribution is 2.32. The highest BCUT2D eigenvalue weighted by Gasteiger charge is 2.20. The number of anilines is 2. The number of allylic oxidation sites excluding steroid dienone is 1. The maximum Gasteiger partial charge on any atom is 0.412 e. The smallest absolute Gasteiger partial charge is 0.412 e. The number of fused-ring (bicyclic) bond motifs is 1. The zero-order chi connectivity index (χ0) is 34.1. The van der Waals surface area contributed by atoms with Crippen LogP contribution in [0.2, 0.25) is 0 Å². The number of ether oxygens (including phenoxy) is 3. The summed E-state index contributed by atoms with van der Waals surface area (Å²) in [6, 6.07) is 12.7. The Labute approximate surface area is 276 Å². The standard InChI is InChI=1S/C35H46N4O6S/c1-10-12-30(46-9)24-14-16-27(38-32(41)44-34(2,3)4)29(20-24)37-31(40)25-19-23-13-15-26(21-28(23)36-22-25)43-18-11-17-39(8)33(42)45-35(5,6)7/h12-16,19-22H,10-11,17-18H2,1-9H3,(H,37,40)(H,38,41)/b30-12-. The third-order valence-corrected chi connectivity index (χ3v) is 7.17. The molecule has 11 heteroatoms. The number of benzene rings is 2. The second-order valence-corrected chi connectivity index (χ2v) is 13.6. The first-order valence-corrected chi connectivity index (χ1v) is 16.5. The summed E-state index contributed by atoms with van der Waals surface area (Å²) in [5, 5.41) is 6.47. The van der Waals surface area contributed by atoms with Gasteiger partial charge in [-0.25, -0.2) is 9.59 Å². The summed E-state index contributed by atoms with van der Waals surface area (Å²) in [6.45, 7) is 13.8. The molecule has 1 aromatic heterocycles. The van der Waals surface area contributed by atoms with Gasteiger partial charge in [-0.15, -0.1) is 11.8 Å². The third kappa shape index (κ3) is 11.3. The molecule has 3 amide bonds. The number of pyridine rings is 1. The lowest BCUT2D eigenvalue weighted by Crippen LogP contribution is -2.35. The minimum absolute atomic E-state index is 0.356. The van der Waals surface area contributed by atoms with E-state index in [0.717, 1.165) is 22.3 Å². The summed E-state index contributed by atoms with van der Waals surface area (Å²) in [5.74, 6) is 0.259. The quantitative estimate of drug-likeness (QED) is 0.198. The van der Waals surface area contributed by atoms with Gasteiger partial charge in [-0.3, -0.25) is 15.1 Å². The number of nitrogens with zero attached hydrogens (tertiary/aromatic N) is 2. The number of nitrogens with one attached hydrogen (secondary N) is 2. The van der Waals surface area contributed by atoms with Crippen molar-refractivity contribution in [3.05, 3.63) is 65.9 Å². The lowest BCUT2D eigenvalue weighted by atomic mass is 10.1. The van der Waals surface area contributed by atoms with E-state index in [-0.39, 0.29) is 12.0 Å². The highest BCUT2D eigenvalue weighted by molar-refractivity contribution is 8.07. The second kappa shape index (κ2) is 15.8. The van der Waals surface area contributed by atoms with Crippen LogP contribution in [0.25, 0.3) is 15.8 Å². The average Bonchev–Trinajstić information content (AvgIpc) is 2.96. The van der Waals surface area contributed by atoms with Crippen molar-refractivity contribution in [1.29, 1.82) is 0 Å². The Hall–Kier alpha value is -4.25. The molecule has 0 fully saturated rings. The van der Waals surface area contributed by atoms with E-state index < -0.39 is 17.3 Å². The van der Waals surface area contributed by atoms with E-state index in [1.807, 2.05) is 57.4 Å². The molecule has 2 aromatic carbocycles. The van der Waals surface area contributed by atoms with E-state index in [2.05, 4.69) is 28.6 Å². The predicted molar refractivity (Wildman–Crippen MR) is 187 cm³/mol. The number of thioether (sulfide) groups is 1. The molecule has 0 saturated heterocycles. The Morgan fingerprint density at radius 2 is 1.63 bits per heavy atom. The molecule has 0 radical (unpaired) electrons. The van der Waals surface area contributed by atoms with E-state index in [9.17, 15) is 14.4 Å². The summed E-state index contributed by atoms with van der Waals surface area (Å²) in [6.07, 6.45) is 6.10. The number of aromatic nitrogens is 1. The fraction of sp³-hybridized carbons (Fsp3) is 0.429. The topological polar surface area (TPSA) is 119 Å². The molecule has 0 unspecified atom stereocenters. The van der Waals surface area contributed by atoms with Crippen molar-refractivity contribution < 1.29 is 28.6 Å². The van der Waals surface area contributed by atoms with Crippen LogP contribution in [0.4, 0.5) is 21.0 Å². The van der Waals surface area contributed by atoms with Crippen LogP contribution in [0.15, 0.2) is 54.7 Å². The number of hydrogen-bond donors (Lipinski definition) is 2. The molecule has 0 spiro atoms. The molecule has 0 bridgehead atoms. The molecule has 10 nitrogen and oxygen atoms in total. The minimum atomic E-state index is -0.677. The Morgan fingerprint density at radius 3 is 2.28 bits per heavy atom. The van der Waals surface area contributed by atoms with Crippen molar-refractivity contribution in [3.8, 4) is 5.75 Å². The van der Waals surface area contributed by atoms with Gasteiger partial charge in [0.2, 0.25) is 0 Å². The zero-order valence-corrected chi connectivity index (χ0v) is 29.1. The number of hydrogen-bond acceptors (Lipinski definition) is 8. The van der Waals surface area contributed by atoms with E-state index in [4.69, 9.17) is 14.2 Å². The predicted octanol–water partition coefficient (Wildman–Crippen LogP) is 8.58. The van der Waals surface area contributed by atoms with Crippen molar-refractivity contribution >= 4 is 57.0 Å². The van der Waals surface area contributed by atoms with Crippen LogP contribution >= 0.6 is 11.8 Å². The first-order valence-electron chi connectivity index (χ1n) is 15.2. The Balaban J connectivity index is 1.72. The fourth-order valence-corrected chi connectivity index (χ4v) is 4.96. The molecule has 248 valence electrons. The monoisotopic (exact) mass is 650 g/mol. The molecule has 0 atom stereocenters. The number of amides is 3. The third-order valence-electron chi connectivity index (χ3n) is 6.33. The summed E-state index contributed by atoms with van der Waals surface area (Å²) in [4.78, 5) is 45.2. The van der Waals surface area contributed by atoms with Crippen molar-refractivity contribution in [2.24, 2.45) is 0 Å². The lowest BCUT2D eigenvalue weighted by molar-refractivity contribution is 0.0291. The molecule has 0 aliphatic heterocycles. The number of carbonyl (C=O) groups is 3. The van der Waals surface area contributed by atoms with Gasteiger partial charge >= 0.3 is 12.2 Å². The van der Waals surface area contributed by atoms with Crippen molar-refractivity contribution in [2.75, 3.05) is 37.1 Å². The molecule has 3 aromatic rings. The largest absolute Gasteiger partial charge is 0.493 e. The van der Waals surface area contributed by atoms with Gasteiger partial charge in [-0.2, -0.15) is 0 Å². The minimum Gasteiger partial charge on any atom is -0.493 e. The van der Waals surface area contributed by atoms with Gasteiger partial charge in [0, 0.05) is 36.1 Å². The molecule has 46 heavy (non-hydrogen) atoms. The van der Waals surface area contributed by atoms with Crippen LogP contribution in [0.5, 0.6) is 5.75 Å². The van der Waals surface area contributed by atoms with E-state index in [1.165, 1.54) is 11.1 Å². The normalized spacial score (nSPS) is 12.0. The second-order valence-electron chi connectivity index (χ2n) is 12.7. The van der Waals surface area contributed by atoms with Gasteiger partial charge < -0.3 is 24.4 Å². The molecular weight excluding hydrogens is 604 g/mol. The van der Waals surface area contributed by atoms with Crippen molar-refractivity contribution in [3.63, 3.8) is 0 Å². The van der Waals surface area contributed by atoms with Crippen LogP contribution in [0, 0.1) is 0 Å². The van der Waals surface area contributed by atoms with E-state index in [1.54, 1.807) is 51.7 Å². The first-order chi connectivity index (χ1) is 21.6. The summed E-state index contributed by atoms with van der Waals surface area (Å²) >= 11 is 1.61. The summed E-state index contributed by atoms with van der Waals surface area (Å²) in [5.41, 5.74) is 1.57. The van der Waals surface area contributed by atoms with E-state index in [0.29, 0.717) is 47.8 Å². The molecule has 1 heterocycles. The van der Waals surface area contributed by atoms with Crippen molar-refractivity contribution in [2.45, 2.75) is 72.5 Å². The van der Waals surface area contributed by atoms with Gasteiger partial charge in [0.1, 0.15) is 17.0 Å². The molecule has 0 saturated carbocycles. The highest BCUT2D eigenvalue weighted by atomic mass is 32.2. The maximum atomic E-state index is 13.4. The van der Waals surface area contributed by atoms with Gasteiger partial charge in [0.25, 0.3) is 5.91 Å². The van der Waals surface area contributed by atoms with E-state index >= 15 is 0 Å². The van der Waals surface area contributed by atoms with Gasteiger partial charge in [0.15, 0.2) is 0 Å². The Kier molecular flexibility index (Phi) is 12.5. The van der Waals surface area contributed by atoms with Crippen LogP contribution in [-0.2, 0) is 9.47 Å². The van der Waals surface area contributed by atoms with Gasteiger partial charge in [-0.1, -0.05) is 19.1 Å². The van der Waals surface area contributed by atoms with Crippen LogP contribution < -0.4 is 15.4 Å². The molecular formula is C35H46N4O6S. The summed E-state index contributed by atoms with van der Waals surface area (Å²) < 4.78 is 16.7. The van der Waals surface area contributed by atoms with Gasteiger partial charge in [-0.05, 0) is 96.5 Å². The lowest BCUT2D eigenvalue weighted by Gasteiger charge is -2.24. The first kappa shape index (κ1) is 36.2. The SMILES string of the molecule is CC/C=C(\SC)c1ccc(NC(=O)OC(C)(C)C)c(NC(=O)c2cnc3cc(OCCCN(C)C(=O)OC(C)(C)C)ccc3c2)c1. The number of rotatable bonds is 11. The zero-order valence-electron chi connectivity index (χ0n) is 28.3. The number of carbonyl (C=O) groups excluding carboxylic acids is 3. The van der Waals surface area contributed by atoms with Crippen LogP contribution in [0.1, 0.15) is 77.2 Å². The van der Waals surface area contributed by atoms with Crippen molar-refractivity contribution in [1.82, 2.24) is 9.88 Å². The Bertz CT molecular complexity index is 1580. The molecule has 2 N–H and O–H groups in total. The molecule has 0 aliphatic carbocycles. The Morgan fingerprint density at radius 1 is 0.913 bits per heavy atom. The fourth-order valence-electron chi connectivity index (χ4n) is 4.26. The average molecular weight is 651 g/mol. The molecule has 3 rings (SSSR count). The van der Waals surface area contributed by atoms with Crippen LogP contribution in [-0.4, -0.2) is 65.6 Å².